The van der Waals surface area contributed by atoms with Gasteiger partial charge in [-0.15, -0.1) is 0 Å². The average Bonchev–Trinajstić information content (AvgIpc) is 2.85. The minimum absolute atomic E-state index is 0.0439. The topological polar surface area (TPSA) is 97.5 Å². The third kappa shape index (κ3) is 3.79. The van der Waals surface area contributed by atoms with Gasteiger partial charge in [-0.1, -0.05) is 91.0 Å². The Kier molecular flexibility index (Phi) is 5.64. The first-order chi connectivity index (χ1) is 15.5. The Bertz CT molecular complexity index is 1310. The number of aromatic hydroxyl groups is 1. The van der Waals surface area contributed by atoms with E-state index in [1.54, 1.807) is 91.0 Å². The molecular formula is C27H19NO4. The maximum atomic E-state index is 13.4. The summed E-state index contributed by atoms with van der Waals surface area (Å²) < 4.78 is 0. The fourth-order valence-electron chi connectivity index (χ4n) is 3.55. The number of nitrogens with two attached hydrogens (primary N) is 1. The summed E-state index contributed by atoms with van der Waals surface area (Å²) >= 11 is 0. The van der Waals surface area contributed by atoms with Crippen LogP contribution in [0.5, 0.6) is 5.75 Å². The van der Waals surface area contributed by atoms with Crippen molar-refractivity contribution < 1.29 is 19.5 Å². The lowest BCUT2D eigenvalue weighted by molar-refractivity contribution is 0.0999. The number of hydrogen-bond acceptors (Lipinski definition) is 5. The number of phenols is 1. The molecular weight excluding hydrogens is 402 g/mol. The smallest absolute Gasteiger partial charge is 0.197 e. The number of benzene rings is 4. The standard InChI is InChI=1S/C27H19NO4/c28-24-20(25(30)17-10-4-1-5-11-17)16-21(29)22(26(31)18-12-6-2-7-13-18)23(24)27(32)19-14-8-3-9-15-19/h1-16,29H,28H2. The van der Waals surface area contributed by atoms with E-state index in [1.165, 1.54) is 0 Å². The van der Waals surface area contributed by atoms with Crippen LogP contribution in [0.15, 0.2) is 97.1 Å². The quantitative estimate of drug-likeness (QED) is 0.268. The fraction of sp³-hybridized carbons (Fsp3) is 0. The zero-order chi connectivity index (χ0) is 22.7. The molecule has 0 aliphatic heterocycles. The molecule has 5 nitrogen and oxygen atoms in total. The highest BCUT2D eigenvalue weighted by Crippen LogP contribution is 2.35. The van der Waals surface area contributed by atoms with Gasteiger partial charge in [-0.05, 0) is 6.07 Å². The average molecular weight is 421 g/mol. The lowest BCUT2D eigenvalue weighted by Gasteiger charge is -2.16. The summed E-state index contributed by atoms with van der Waals surface area (Å²) in [7, 11) is 0. The van der Waals surface area contributed by atoms with Gasteiger partial charge in [-0.3, -0.25) is 14.4 Å². The Balaban J connectivity index is 1.96. The van der Waals surface area contributed by atoms with Crippen molar-refractivity contribution in [2.45, 2.75) is 0 Å². The number of anilines is 1. The molecule has 0 heterocycles. The largest absolute Gasteiger partial charge is 0.507 e. The minimum atomic E-state index is -0.562. The highest BCUT2D eigenvalue weighted by molar-refractivity contribution is 6.25. The molecule has 0 unspecified atom stereocenters. The van der Waals surface area contributed by atoms with Crippen molar-refractivity contribution in [2.24, 2.45) is 0 Å². The molecule has 0 aromatic heterocycles. The number of hydrogen-bond donors (Lipinski definition) is 2. The predicted molar refractivity (Wildman–Crippen MR) is 122 cm³/mol. The molecule has 0 aliphatic carbocycles. The highest BCUT2D eigenvalue weighted by atomic mass is 16.3. The molecule has 0 saturated carbocycles. The number of rotatable bonds is 6. The van der Waals surface area contributed by atoms with Crippen LogP contribution in [-0.4, -0.2) is 22.5 Å². The number of ketones is 3. The second kappa shape index (κ2) is 8.70. The van der Waals surface area contributed by atoms with Crippen molar-refractivity contribution >= 4 is 23.0 Å². The molecule has 0 saturated heterocycles. The third-order valence-corrected chi connectivity index (χ3v) is 5.15. The molecule has 0 bridgehead atoms. The molecule has 0 spiro atoms. The van der Waals surface area contributed by atoms with Crippen molar-refractivity contribution in [3.63, 3.8) is 0 Å². The summed E-state index contributed by atoms with van der Waals surface area (Å²) in [5.41, 5.74) is 6.64. The fourth-order valence-corrected chi connectivity index (χ4v) is 3.55. The Morgan fingerprint density at radius 1 is 0.562 bits per heavy atom. The SMILES string of the molecule is Nc1c(C(=O)c2ccccc2)cc(O)c(C(=O)c2ccccc2)c1C(=O)c1ccccc1. The zero-order valence-electron chi connectivity index (χ0n) is 17.0. The Hall–Kier alpha value is -4.51. The van der Waals surface area contributed by atoms with Crippen LogP contribution in [0, 0.1) is 0 Å². The van der Waals surface area contributed by atoms with E-state index in [0.717, 1.165) is 6.07 Å². The lowest BCUT2D eigenvalue weighted by atomic mass is 9.87. The van der Waals surface area contributed by atoms with Crippen LogP contribution in [0.2, 0.25) is 0 Å². The summed E-state index contributed by atoms with van der Waals surface area (Å²) in [4.78, 5) is 39.8. The van der Waals surface area contributed by atoms with Crippen LogP contribution in [0.4, 0.5) is 5.69 Å². The van der Waals surface area contributed by atoms with Crippen LogP contribution in [0.25, 0.3) is 0 Å². The molecule has 0 aliphatic rings. The Labute approximate surface area is 184 Å². The van der Waals surface area contributed by atoms with Gasteiger partial charge in [0.05, 0.1) is 16.8 Å². The molecule has 0 radical (unpaired) electrons. The van der Waals surface area contributed by atoms with E-state index in [1.807, 2.05) is 0 Å². The number of phenolic OH excluding ortho intramolecular Hbond substituents is 1. The van der Waals surface area contributed by atoms with Crippen molar-refractivity contribution in [3.05, 3.63) is 130 Å². The zero-order valence-corrected chi connectivity index (χ0v) is 17.0. The summed E-state index contributed by atoms with van der Waals surface area (Å²) in [6.45, 7) is 0. The Morgan fingerprint density at radius 3 is 1.38 bits per heavy atom. The second-order valence-corrected chi connectivity index (χ2v) is 7.19. The normalized spacial score (nSPS) is 10.5. The van der Waals surface area contributed by atoms with Crippen molar-refractivity contribution in [2.75, 3.05) is 5.73 Å². The van der Waals surface area contributed by atoms with Gasteiger partial charge in [0.1, 0.15) is 5.75 Å². The van der Waals surface area contributed by atoms with E-state index < -0.39 is 23.1 Å². The molecule has 4 aromatic rings. The number of nitrogen functional groups attached to an aromatic ring is 1. The van der Waals surface area contributed by atoms with Gasteiger partial charge in [0.2, 0.25) is 0 Å². The van der Waals surface area contributed by atoms with Crippen LogP contribution >= 0.6 is 0 Å². The molecule has 156 valence electrons. The van der Waals surface area contributed by atoms with E-state index in [2.05, 4.69) is 0 Å². The molecule has 3 N–H and O–H groups in total. The maximum Gasteiger partial charge on any atom is 0.197 e. The monoisotopic (exact) mass is 421 g/mol. The summed E-state index contributed by atoms with van der Waals surface area (Å²) in [5, 5.41) is 10.8. The van der Waals surface area contributed by atoms with E-state index in [9.17, 15) is 19.5 Å². The first-order valence-electron chi connectivity index (χ1n) is 9.93. The third-order valence-electron chi connectivity index (χ3n) is 5.15. The molecule has 0 amide bonds. The van der Waals surface area contributed by atoms with Gasteiger partial charge in [-0.2, -0.15) is 0 Å². The molecule has 0 fully saturated rings. The van der Waals surface area contributed by atoms with Crippen molar-refractivity contribution in [1.82, 2.24) is 0 Å². The van der Waals surface area contributed by atoms with Gasteiger partial charge in [-0.25, -0.2) is 0 Å². The van der Waals surface area contributed by atoms with Gasteiger partial charge in [0.15, 0.2) is 17.3 Å². The number of carbonyl (C=O) groups is 3. The molecule has 4 aromatic carbocycles. The second-order valence-electron chi connectivity index (χ2n) is 7.19. The summed E-state index contributed by atoms with van der Waals surface area (Å²) in [6, 6.07) is 26.1. The summed E-state index contributed by atoms with van der Waals surface area (Å²) in [5.74, 6) is -2.06. The highest BCUT2D eigenvalue weighted by Gasteiger charge is 2.29. The Morgan fingerprint density at radius 2 is 0.938 bits per heavy atom. The van der Waals surface area contributed by atoms with E-state index in [-0.39, 0.29) is 33.5 Å². The first-order valence-corrected chi connectivity index (χ1v) is 9.93. The summed E-state index contributed by atoms with van der Waals surface area (Å²) in [6.07, 6.45) is 0. The van der Waals surface area contributed by atoms with Crippen molar-refractivity contribution in [3.8, 4) is 5.75 Å². The van der Waals surface area contributed by atoms with Crippen LogP contribution in [0.1, 0.15) is 47.8 Å². The van der Waals surface area contributed by atoms with Crippen LogP contribution in [0.3, 0.4) is 0 Å². The molecule has 32 heavy (non-hydrogen) atoms. The predicted octanol–water partition coefficient (Wildman–Crippen LogP) is 4.67. The van der Waals surface area contributed by atoms with Gasteiger partial charge >= 0.3 is 0 Å². The van der Waals surface area contributed by atoms with Crippen LogP contribution in [-0.2, 0) is 0 Å². The van der Waals surface area contributed by atoms with Gasteiger partial charge < -0.3 is 10.8 Å². The van der Waals surface area contributed by atoms with Crippen LogP contribution < -0.4 is 5.73 Å². The minimum Gasteiger partial charge on any atom is -0.507 e. The van der Waals surface area contributed by atoms with Gasteiger partial charge in [0, 0.05) is 22.3 Å². The molecule has 5 heteroatoms. The van der Waals surface area contributed by atoms with E-state index in [4.69, 9.17) is 5.73 Å². The van der Waals surface area contributed by atoms with E-state index in [0.29, 0.717) is 5.56 Å². The number of carbonyl (C=O) groups excluding carboxylic acids is 3. The molecule has 4 rings (SSSR count). The molecule has 0 atom stereocenters. The maximum absolute atomic E-state index is 13.4. The van der Waals surface area contributed by atoms with Gasteiger partial charge in [0.25, 0.3) is 0 Å². The van der Waals surface area contributed by atoms with E-state index >= 15 is 0 Å². The van der Waals surface area contributed by atoms with Crippen molar-refractivity contribution in [1.29, 1.82) is 0 Å². The lowest BCUT2D eigenvalue weighted by Crippen LogP contribution is -2.17. The first kappa shape index (κ1) is 20.8.